The summed E-state index contributed by atoms with van der Waals surface area (Å²) in [5.41, 5.74) is 4.86. The summed E-state index contributed by atoms with van der Waals surface area (Å²) >= 11 is 3.51. The van der Waals surface area contributed by atoms with E-state index in [9.17, 15) is 8.42 Å². The number of hydrogen-bond acceptors (Lipinski definition) is 3. The maximum absolute atomic E-state index is 13.1. The smallest absolute Gasteiger partial charge is 0.261 e. The van der Waals surface area contributed by atoms with Crippen LogP contribution in [-0.4, -0.2) is 8.42 Å². The molecule has 0 amide bonds. The Morgan fingerprint density at radius 3 is 2.61 bits per heavy atom. The minimum absolute atomic E-state index is 0.188. The number of allylic oxidation sites excluding steroid dienone is 2. The molecule has 4 nitrogen and oxygen atoms in total. The quantitative estimate of drug-likeness (QED) is 0.413. The molecule has 0 bridgehead atoms. The average Bonchev–Trinajstić information content (AvgIpc) is 3.23. The summed E-state index contributed by atoms with van der Waals surface area (Å²) in [6.45, 7) is 1.94. The highest BCUT2D eigenvalue weighted by Crippen LogP contribution is 2.50. The zero-order valence-electron chi connectivity index (χ0n) is 17.0. The molecule has 1 heterocycles. The van der Waals surface area contributed by atoms with Crippen LogP contribution in [-0.2, 0) is 10.0 Å². The largest absolute Gasteiger partial charge is 0.378 e. The summed E-state index contributed by atoms with van der Waals surface area (Å²) in [5, 5.41) is 3.67. The Hall–Kier alpha value is -2.57. The SMILES string of the molecule is Cc1cccc(NS(=O)(=O)c2ccc3c(c2)[C@H]2C=CC[C@H]2[C@@H](c2ccc(Br)cc2)N3)c1. The van der Waals surface area contributed by atoms with Crippen LogP contribution in [0.3, 0.4) is 0 Å². The van der Waals surface area contributed by atoms with E-state index in [1.54, 1.807) is 12.1 Å². The maximum atomic E-state index is 13.1. The monoisotopic (exact) mass is 494 g/mol. The second-order valence-corrected chi connectivity index (χ2v) is 10.8. The fourth-order valence-electron chi connectivity index (χ4n) is 4.66. The Labute approximate surface area is 191 Å². The van der Waals surface area contributed by atoms with Gasteiger partial charge in [0.05, 0.1) is 10.9 Å². The molecule has 0 unspecified atom stereocenters. The molecule has 0 spiro atoms. The predicted octanol–water partition coefficient (Wildman–Crippen LogP) is 6.38. The number of sulfonamides is 1. The van der Waals surface area contributed by atoms with E-state index in [4.69, 9.17) is 0 Å². The fraction of sp³-hybridized carbons (Fsp3) is 0.200. The molecule has 3 atom stereocenters. The van der Waals surface area contributed by atoms with E-state index >= 15 is 0 Å². The molecule has 0 aromatic heterocycles. The van der Waals surface area contributed by atoms with Crippen LogP contribution < -0.4 is 10.0 Å². The minimum Gasteiger partial charge on any atom is -0.378 e. The third-order valence-corrected chi connectivity index (χ3v) is 8.05. The Kier molecular flexibility index (Phi) is 5.15. The first kappa shape index (κ1) is 20.3. The highest BCUT2D eigenvalue weighted by molar-refractivity contribution is 9.10. The molecule has 0 saturated carbocycles. The van der Waals surface area contributed by atoms with Crippen molar-refractivity contribution in [2.75, 3.05) is 10.0 Å². The number of aryl methyl sites for hydroxylation is 1. The van der Waals surface area contributed by atoms with Gasteiger partial charge in [-0.1, -0.05) is 52.3 Å². The van der Waals surface area contributed by atoms with Crippen LogP contribution in [0.1, 0.15) is 35.1 Å². The van der Waals surface area contributed by atoms with Crippen LogP contribution in [0.2, 0.25) is 0 Å². The van der Waals surface area contributed by atoms with Gasteiger partial charge in [0.25, 0.3) is 10.0 Å². The van der Waals surface area contributed by atoms with Crippen molar-refractivity contribution in [3.63, 3.8) is 0 Å². The Morgan fingerprint density at radius 1 is 1.03 bits per heavy atom. The summed E-state index contributed by atoms with van der Waals surface area (Å²) < 4.78 is 29.9. The van der Waals surface area contributed by atoms with Gasteiger partial charge in [0.2, 0.25) is 0 Å². The molecule has 3 aromatic carbocycles. The molecular formula is C25H23BrN2O2S. The molecule has 1 aliphatic carbocycles. The Morgan fingerprint density at radius 2 is 1.84 bits per heavy atom. The normalized spacial score (nSPS) is 21.8. The molecule has 6 heteroatoms. The van der Waals surface area contributed by atoms with Crippen LogP contribution in [0.5, 0.6) is 0 Å². The third-order valence-electron chi connectivity index (χ3n) is 6.14. The zero-order chi connectivity index (χ0) is 21.6. The molecule has 0 fully saturated rings. The van der Waals surface area contributed by atoms with Gasteiger partial charge in [-0.3, -0.25) is 4.72 Å². The van der Waals surface area contributed by atoms with Crippen molar-refractivity contribution in [2.45, 2.75) is 30.2 Å². The number of anilines is 2. The molecule has 0 radical (unpaired) electrons. The lowest BCUT2D eigenvalue weighted by Crippen LogP contribution is -2.29. The third kappa shape index (κ3) is 3.90. The van der Waals surface area contributed by atoms with Crippen LogP contribution >= 0.6 is 15.9 Å². The van der Waals surface area contributed by atoms with Gasteiger partial charge in [0, 0.05) is 21.8 Å². The van der Waals surface area contributed by atoms with Crippen molar-refractivity contribution < 1.29 is 8.42 Å². The highest BCUT2D eigenvalue weighted by Gasteiger charge is 2.38. The number of hydrogen-bond donors (Lipinski definition) is 2. The maximum Gasteiger partial charge on any atom is 0.261 e. The van der Waals surface area contributed by atoms with E-state index in [-0.39, 0.29) is 16.9 Å². The van der Waals surface area contributed by atoms with Gasteiger partial charge in [0.1, 0.15) is 0 Å². The fourth-order valence-corrected chi connectivity index (χ4v) is 6.01. The summed E-state index contributed by atoms with van der Waals surface area (Å²) in [7, 11) is -3.67. The van der Waals surface area contributed by atoms with Gasteiger partial charge in [-0.15, -0.1) is 0 Å². The van der Waals surface area contributed by atoms with Gasteiger partial charge in [-0.2, -0.15) is 0 Å². The number of halogens is 1. The van der Waals surface area contributed by atoms with Crippen molar-refractivity contribution >= 4 is 37.3 Å². The van der Waals surface area contributed by atoms with Crippen LogP contribution in [0.25, 0.3) is 0 Å². The van der Waals surface area contributed by atoms with Crippen LogP contribution in [0.4, 0.5) is 11.4 Å². The lowest BCUT2D eigenvalue weighted by atomic mass is 9.77. The molecule has 3 aromatic rings. The molecular weight excluding hydrogens is 472 g/mol. The van der Waals surface area contributed by atoms with Gasteiger partial charge in [-0.05, 0) is 78.4 Å². The van der Waals surface area contributed by atoms with Crippen molar-refractivity contribution in [2.24, 2.45) is 5.92 Å². The molecule has 1 aliphatic heterocycles. The van der Waals surface area contributed by atoms with Crippen LogP contribution in [0.15, 0.2) is 88.3 Å². The summed E-state index contributed by atoms with van der Waals surface area (Å²) in [6.07, 6.45) is 5.40. The number of benzene rings is 3. The topological polar surface area (TPSA) is 58.2 Å². The molecule has 2 N–H and O–H groups in total. The van der Waals surface area contributed by atoms with Gasteiger partial charge < -0.3 is 5.32 Å². The lowest BCUT2D eigenvalue weighted by Gasteiger charge is -2.37. The minimum atomic E-state index is -3.67. The second-order valence-electron chi connectivity index (χ2n) is 8.25. The van der Waals surface area contributed by atoms with E-state index < -0.39 is 10.0 Å². The number of nitrogens with one attached hydrogen (secondary N) is 2. The summed E-state index contributed by atoms with van der Waals surface area (Å²) in [6, 6.07) is 21.4. The molecule has 0 saturated heterocycles. The molecule has 5 rings (SSSR count). The van der Waals surface area contributed by atoms with Crippen molar-refractivity contribution in [3.8, 4) is 0 Å². The first-order valence-corrected chi connectivity index (χ1v) is 12.6. The molecule has 2 aliphatic rings. The highest BCUT2D eigenvalue weighted by atomic mass is 79.9. The zero-order valence-corrected chi connectivity index (χ0v) is 19.4. The van der Waals surface area contributed by atoms with E-state index in [1.165, 1.54) is 5.56 Å². The van der Waals surface area contributed by atoms with Crippen molar-refractivity contribution in [1.29, 1.82) is 0 Å². The summed E-state index contributed by atoms with van der Waals surface area (Å²) in [4.78, 5) is 0.288. The molecule has 31 heavy (non-hydrogen) atoms. The predicted molar refractivity (Wildman–Crippen MR) is 129 cm³/mol. The Balaban J connectivity index is 1.49. The van der Waals surface area contributed by atoms with Crippen LogP contribution in [0, 0.1) is 12.8 Å². The van der Waals surface area contributed by atoms with Gasteiger partial charge >= 0.3 is 0 Å². The van der Waals surface area contributed by atoms with E-state index in [2.05, 4.69) is 62.4 Å². The standard InChI is InChI=1S/C25H23BrN2O2S/c1-16-4-2-5-19(14-16)28-31(29,30)20-12-13-24-23(15-20)21-6-3-7-22(21)25(27-24)17-8-10-18(26)11-9-17/h2-6,8-15,21-22,25,27-28H,7H2,1H3/t21-,22+,25+/m0/s1. The van der Waals surface area contributed by atoms with E-state index in [1.807, 2.05) is 37.3 Å². The van der Waals surface area contributed by atoms with Gasteiger partial charge in [0.15, 0.2) is 0 Å². The molecule has 158 valence electrons. The summed E-state index contributed by atoms with van der Waals surface area (Å²) in [5.74, 6) is 0.551. The average molecular weight is 495 g/mol. The van der Waals surface area contributed by atoms with Crippen molar-refractivity contribution in [3.05, 3.63) is 100 Å². The van der Waals surface area contributed by atoms with Gasteiger partial charge in [-0.25, -0.2) is 8.42 Å². The number of rotatable bonds is 4. The first-order chi connectivity index (χ1) is 14.9. The van der Waals surface area contributed by atoms with Crippen molar-refractivity contribution in [1.82, 2.24) is 0 Å². The van der Waals surface area contributed by atoms with E-state index in [0.29, 0.717) is 11.6 Å². The second kappa shape index (κ2) is 7.84. The first-order valence-electron chi connectivity index (χ1n) is 10.3. The van der Waals surface area contributed by atoms with E-state index in [0.717, 1.165) is 27.7 Å². The number of fused-ring (bicyclic) bond motifs is 3. The lowest BCUT2D eigenvalue weighted by molar-refractivity contribution is 0.425. The Bertz CT molecular complexity index is 1270.